The topological polar surface area (TPSA) is 0 Å². The molecule has 0 unspecified atom stereocenters. The molecule has 0 N–H and O–H groups in total. The first-order valence-corrected chi connectivity index (χ1v) is 0. The van der Waals surface area contributed by atoms with Crippen molar-refractivity contribution in [1.82, 2.24) is 0 Å². The van der Waals surface area contributed by atoms with Gasteiger partial charge in [-0.15, -0.1) is 0 Å². The van der Waals surface area contributed by atoms with Gasteiger partial charge in [0.2, 0.25) is 0 Å². The minimum absolute atomic E-state index is 0. The van der Waals surface area contributed by atoms with Gasteiger partial charge >= 0.3 is 0 Å². The summed E-state index contributed by atoms with van der Waals surface area (Å²) >= 11 is 0. The van der Waals surface area contributed by atoms with Gasteiger partial charge in [-0.2, -0.15) is 0 Å². The SMILES string of the molecule is [Ag].[Al].[In].[In]. The Morgan fingerprint density at radius 2 is 0.750 bits per heavy atom. The van der Waals surface area contributed by atoms with Gasteiger partial charge in [0.25, 0.3) is 0 Å². The predicted octanol–water partition coefficient (Wildman–Crippen LogP) is -1.14. The first-order chi connectivity index (χ1) is 0. The maximum atomic E-state index is 0. The van der Waals surface area contributed by atoms with Crippen LogP contribution in [-0.4, -0.2) is 69.0 Å². The molecule has 0 rings (SSSR count). The molecule has 0 aromatic heterocycles. The van der Waals surface area contributed by atoms with Gasteiger partial charge < -0.3 is 0 Å². The Morgan fingerprint density at radius 1 is 0.750 bits per heavy atom. The van der Waals surface area contributed by atoms with Crippen LogP contribution in [0.3, 0.4) is 0 Å². The smallest absolute Gasteiger partial charge is 0 e. The van der Waals surface area contributed by atoms with Crippen LogP contribution in [0.2, 0.25) is 0 Å². The van der Waals surface area contributed by atoms with Crippen LogP contribution in [0.15, 0.2) is 0 Å². The molecule has 0 fully saturated rings. The molecule has 0 spiro atoms. The van der Waals surface area contributed by atoms with Crippen LogP contribution >= 0.6 is 0 Å². The third kappa shape index (κ3) is 8.89. The molecule has 20 valence electrons. The van der Waals surface area contributed by atoms with Crippen LogP contribution in [-0.2, 0) is 22.4 Å². The summed E-state index contributed by atoms with van der Waals surface area (Å²) in [7, 11) is 0. The van der Waals surface area contributed by atoms with E-state index < -0.39 is 0 Å². The largest absolute Gasteiger partial charge is 0 e. The second-order valence-electron chi connectivity index (χ2n) is 0. The van der Waals surface area contributed by atoms with Gasteiger partial charge in [-0.05, 0) is 0 Å². The standard InChI is InChI=1S/Ag.Al.2In. The molecule has 0 aliphatic heterocycles. The van der Waals surface area contributed by atoms with E-state index in [1.807, 2.05) is 0 Å². The number of hydrogen-bond acceptors (Lipinski definition) is 0. The molecule has 0 aliphatic carbocycles. The fourth-order valence-electron chi connectivity index (χ4n) is 0. The monoisotopic (exact) mass is 364 g/mol. The molecule has 0 nitrogen and oxygen atoms in total. The van der Waals surface area contributed by atoms with Crippen LogP contribution in [0, 0.1) is 0 Å². The zero-order chi connectivity index (χ0) is 0. The fraction of sp³-hybridized carbons (Fsp3) is 0. The van der Waals surface area contributed by atoms with E-state index in [0.717, 1.165) is 0 Å². The summed E-state index contributed by atoms with van der Waals surface area (Å²) in [5, 5.41) is 0. The van der Waals surface area contributed by atoms with Crippen LogP contribution < -0.4 is 0 Å². The van der Waals surface area contributed by atoms with Gasteiger partial charge in [-0.3, -0.25) is 0 Å². The van der Waals surface area contributed by atoms with E-state index in [1.165, 1.54) is 0 Å². The van der Waals surface area contributed by atoms with Gasteiger partial charge in [0, 0.05) is 91.4 Å². The van der Waals surface area contributed by atoms with Gasteiger partial charge in [0.05, 0.1) is 0 Å². The molecule has 0 amide bonds. The Labute approximate surface area is 89.7 Å². The van der Waals surface area contributed by atoms with Gasteiger partial charge in [-0.1, -0.05) is 0 Å². The van der Waals surface area contributed by atoms with E-state index >= 15 is 0 Å². The fourth-order valence-corrected chi connectivity index (χ4v) is 0. The van der Waals surface area contributed by atoms with Crippen molar-refractivity contribution < 1.29 is 22.4 Å². The molecular weight excluding hydrogens is 364 g/mol. The third-order valence-corrected chi connectivity index (χ3v) is 0. The van der Waals surface area contributed by atoms with Gasteiger partial charge in [-0.25, -0.2) is 0 Å². The summed E-state index contributed by atoms with van der Waals surface area (Å²) in [6.07, 6.45) is 0. The van der Waals surface area contributed by atoms with Crippen molar-refractivity contribution in [1.29, 1.82) is 0 Å². The molecular formula is AgAlIn2. The Hall–Kier alpha value is 3.01. The van der Waals surface area contributed by atoms with E-state index in [4.69, 9.17) is 0 Å². The first-order valence-electron chi connectivity index (χ1n) is 0. The molecule has 0 bridgehead atoms. The first kappa shape index (κ1) is 27.9. The summed E-state index contributed by atoms with van der Waals surface area (Å²) in [5.74, 6) is 0. The summed E-state index contributed by atoms with van der Waals surface area (Å²) in [6, 6.07) is 0. The average molecular weight is 364 g/mol. The van der Waals surface area contributed by atoms with E-state index in [0.29, 0.717) is 0 Å². The van der Waals surface area contributed by atoms with Crippen molar-refractivity contribution in [3.05, 3.63) is 0 Å². The summed E-state index contributed by atoms with van der Waals surface area (Å²) in [6.45, 7) is 0. The molecule has 0 aromatic carbocycles. The Bertz CT molecular complexity index is 6.00. The van der Waals surface area contributed by atoms with Crippen molar-refractivity contribution in [2.75, 3.05) is 0 Å². The second kappa shape index (κ2) is 16.6. The van der Waals surface area contributed by atoms with Crippen LogP contribution in [0.4, 0.5) is 0 Å². The third-order valence-electron chi connectivity index (χ3n) is 0. The molecule has 0 saturated heterocycles. The van der Waals surface area contributed by atoms with Crippen molar-refractivity contribution in [2.24, 2.45) is 0 Å². The second-order valence-corrected chi connectivity index (χ2v) is 0. The molecule has 0 atom stereocenters. The zero-order valence-electron chi connectivity index (χ0n) is 2.03. The summed E-state index contributed by atoms with van der Waals surface area (Å²) < 4.78 is 0. The molecule has 10 radical (unpaired) electrons. The molecule has 4 heavy (non-hydrogen) atoms. The van der Waals surface area contributed by atoms with Crippen molar-refractivity contribution in [3.8, 4) is 0 Å². The van der Waals surface area contributed by atoms with E-state index in [-0.39, 0.29) is 91.4 Å². The zero-order valence-corrected chi connectivity index (χ0v) is 11.3. The predicted molar refractivity (Wildman–Crippen MR) is 17.3 cm³/mol. The van der Waals surface area contributed by atoms with Gasteiger partial charge in [0.1, 0.15) is 0 Å². The Morgan fingerprint density at radius 3 is 0.750 bits per heavy atom. The Kier molecular flexibility index (Phi) is 116. The number of hydrogen-bond donors (Lipinski definition) is 0. The molecule has 0 aliphatic rings. The van der Waals surface area contributed by atoms with Crippen molar-refractivity contribution in [3.63, 3.8) is 0 Å². The maximum Gasteiger partial charge on any atom is 0 e. The Balaban J connectivity index is 0. The summed E-state index contributed by atoms with van der Waals surface area (Å²) in [4.78, 5) is 0. The average Bonchev–Trinajstić information content (AvgIpc) is 0. The molecule has 0 saturated carbocycles. The van der Waals surface area contributed by atoms with E-state index in [1.54, 1.807) is 0 Å². The van der Waals surface area contributed by atoms with Crippen molar-refractivity contribution >= 4 is 69.0 Å². The van der Waals surface area contributed by atoms with Crippen LogP contribution in [0.5, 0.6) is 0 Å². The summed E-state index contributed by atoms with van der Waals surface area (Å²) in [5.41, 5.74) is 0. The molecule has 0 aromatic rings. The minimum Gasteiger partial charge on any atom is 0 e. The van der Waals surface area contributed by atoms with E-state index in [9.17, 15) is 0 Å². The normalized spacial score (nSPS) is 0. The van der Waals surface area contributed by atoms with Gasteiger partial charge in [0.15, 0.2) is 0 Å². The molecule has 4 heteroatoms. The van der Waals surface area contributed by atoms with Crippen LogP contribution in [0.1, 0.15) is 0 Å². The minimum atomic E-state index is 0. The van der Waals surface area contributed by atoms with Crippen LogP contribution in [0.25, 0.3) is 0 Å². The number of rotatable bonds is 0. The molecule has 0 heterocycles. The van der Waals surface area contributed by atoms with Crippen molar-refractivity contribution in [2.45, 2.75) is 0 Å². The quantitative estimate of drug-likeness (QED) is 0.477. The van der Waals surface area contributed by atoms with E-state index in [2.05, 4.69) is 0 Å². The maximum absolute atomic E-state index is 0.